The molecule has 0 saturated heterocycles. The van der Waals surface area contributed by atoms with Gasteiger partial charge in [0.1, 0.15) is 5.75 Å². The summed E-state index contributed by atoms with van der Waals surface area (Å²) in [5, 5.41) is 0. The smallest absolute Gasteiger partial charge is 0.119 e. The van der Waals surface area contributed by atoms with Crippen LogP contribution in [0.1, 0.15) is 17.2 Å². The molecular formula is C17H21NO2. The lowest BCUT2D eigenvalue weighted by molar-refractivity contribution is 0.124. The van der Waals surface area contributed by atoms with Crippen molar-refractivity contribution in [3.05, 3.63) is 65.7 Å². The maximum Gasteiger partial charge on any atom is 0.119 e. The van der Waals surface area contributed by atoms with Crippen LogP contribution < -0.4 is 10.5 Å². The van der Waals surface area contributed by atoms with Crippen LogP contribution in [0.15, 0.2) is 54.6 Å². The van der Waals surface area contributed by atoms with E-state index in [1.807, 2.05) is 42.5 Å². The summed E-state index contributed by atoms with van der Waals surface area (Å²) in [6, 6.07) is 18.0. The van der Waals surface area contributed by atoms with Crippen LogP contribution in [0.3, 0.4) is 0 Å². The Morgan fingerprint density at radius 2 is 1.85 bits per heavy atom. The Morgan fingerprint density at radius 1 is 1.05 bits per heavy atom. The predicted octanol–water partition coefficient (Wildman–Crippen LogP) is 2.95. The van der Waals surface area contributed by atoms with E-state index in [1.54, 1.807) is 7.11 Å². The lowest BCUT2D eigenvalue weighted by atomic mass is 10.1. The lowest BCUT2D eigenvalue weighted by Gasteiger charge is -2.13. The molecule has 3 heteroatoms. The summed E-state index contributed by atoms with van der Waals surface area (Å²) >= 11 is 0. The highest BCUT2D eigenvalue weighted by atomic mass is 16.5. The first-order chi connectivity index (χ1) is 9.79. The summed E-state index contributed by atoms with van der Waals surface area (Å²) in [4.78, 5) is 0. The normalized spacial score (nSPS) is 12.1. The second-order valence-corrected chi connectivity index (χ2v) is 4.69. The Balaban J connectivity index is 1.76. The summed E-state index contributed by atoms with van der Waals surface area (Å²) in [5.74, 6) is 0.822. The average Bonchev–Trinajstić information content (AvgIpc) is 2.52. The van der Waals surface area contributed by atoms with Crippen LogP contribution in [0.5, 0.6) is 5.75 Å². The molecule has 2 aromatic carbocycles. The van der Waals surface area contributed by atoms with Gasteiger partial charge in [0, 0.05) is 0 Å². The Labute approximate surface area is 120 Å². The Kier molecular flexibility index (Phi) is 5.59. The van der Waals surface area contributed by atoms with Gasteiger partial charge < -0.3 is 15.2 Å². The number of hydrogen-bond acceptors (Lipinski definition) is 3. The third-order valence-corrected chi connectivity index (χ3v) is 3.20. The molecule has 0 heterocycles. The second kappa shape index (κ2) is 7.68. The molecule has 20 heavy (non-hydrogen) atoms. The molecule has 0 spiro atoms. The van der Waals surface area contributed by atoms with Crippen LogP contribution in [0.2, 0.25) is 0 Å². The van der Waals surface area contributed by atoms with Crippen LogP contribution in [0, 0.1) is 0 Å². The van der Waals surface area contributed by atoms with Gasteiger partial charge in [0.15, 0.2) is 0 Å². The van der Waals surface area contributed by atoms with Crippen LogP contribution in [-0.4, -0.2) is 20.3 Å². The molecule has 0 amide bonds. The van der Waals surface area contributed by atoms with E-state index in [9.17, 15) is 0 Å². The molecule has 2 rings (SSSR count). The van der Waals surface area contributed by atoms with Gasteiger partial charge >= 0.3 is 0 Å². The fourth-order valence-electron chi connectivity index (χ4n) is 2.01. The minimum Gasteiger partial charge on any atom is -0.497 e. The molecule has 0 aromatic heterocycles. The third-order valence-electron chi connectivity index (χ3n) is 3.20. The van der Waals surface area contributed by atoms with Gasteiger partial charge in [-0.25, -0.2) is 0 Å². The first kappa shape index (κ1) is 14.6. The zero-order valence-electron chi connectivity index (χ0n) is 11.8. The standard InChI is InChI=1S/C17H21NO2/c1-19-16-9-5-8-15(12-16)17(18)13-20-11-10-14-6-3-2-4-7-14/h2-9,12,17H,10-11,13,18H2,1H3. The van der Waals surface area contributed by atoms with Crippen molar-refractivity contribution in [2.75, 3.05) is 20.3 Å². The topological polar surface area (TPSA) is 44.5 Å². The van der Waals surface area contributed by atoms with E-state index in [4.69, 9.17) is 15.2 Å². The first-order valence-electron chi connectivity index (χ1n) is 6.81. The zero-order valence-corrected chi connectivity index (χ0v) is 11.8. The summed E-state index contributed by atoms with van der Waals surface area (Å²) in [6.07, 6.45) is 0.908. The SMILES string of the molecule is COc1cccc(C(N)COCCc2ccccc2)c1. The Hall–Kier alpha value is -1.84. The molecule has 0 bridgehead atoms. The molecule has 0 aliphatic carbocycles. The number of rotatable bonds is 7. The van der Waals surface area contributed by atoms with Crippen LogP contribution >= 0.6 is 0 Å². The van der Waals surface area contributed by atoms with Crippen LogP contribution in [0.4, 0.5) is 0 Å². The minimum absolute atomic E-state index is 0.124. The van der Waals surface area contributed by atoms with Gasteiger partial charge in [0.25, 0.3) is 0 Å². The quantitative estimate of drug-likeness (QED) is 0.787. The average molecular weight is 271 g/mol. The fraction of sp³-hybridized carbons (Fsp3) is 0.294. The van der Waals surface area contributed by atoms with E-state index in [2.05, 4.69) is 12.1 Å². The van der Waals surface area contributed by atoms with Crippen molar-refractivity contribution in [1.29, 1.82) is 0 Å². The van der Waals surface area contributed by atoms with Crippen molar-refractivity contribution in [2.24, 2.45) is 5.73 Å². The molecule has 0 fully saturated rings. The lowest BCUT2D eigenvalue weighted by Crippen LogP contribution is -2.18. The summed E-state index contributed by atoms with van der Waals surface area (Å²) in [6.45, 7) is 1.20. The minimum atomic E-state index is -0.124. The summed E-state index contributed by atoms with van der Waals surface area (Å²) < 4.78 is 10.9. The molecule has 0 aliphatic rings. The van der Waals surface area contributed by atoms with Gasteiger partial charge in [-0.3, -0.25) is 0 Å². The highest BCUT2D eigenvalue weighted by Gasteiger charge is 2.07. The Morgan fingerprint density at radius 3 is 2.60 bits per heavy atom. The molecule has 0 saturated carbocycles. The largest absolute Gasteiger partial charge is 0.497 e. The van der Waals surface area contributed by atoms with E-state index in [-0.39, 0.29) is 6.04 Å². The van der Waals surface area contributed by atoms with E-state index < -0.39 is 0 Å². The molecule has 2 aromatic rings. The number of hydrogen-bond donors (Lipinski definition) is 1. The summed E-state index contributed by atoms with van der Waals surface area (Å²) in [5.41, 5.74) is 8.43. The van der Waals surface area contributed by atoms with Crippen molar-refractivity contribution >= 4 is 0 Å². The second-order valence-electron chi connectivity index (χ2n) is 4.69. The van der Waals surface area contributed by atoms with Crippen molar-refractivity contribution in [1.82, 2.24) is 0 Å². The van der Waals surface area contributed by atoms with Gasteiger partial charge in [0.05, 0.1) is 26.4 Å². The van der Waals surface area contributed by atoms with Crippen LogP contribution in [0.25, 0.3) is 0 Å². The molecular weight excluding hydrogens is 250 g/mol. The number of benzene rings is 2. The van der Waals surface area contributed by atoms with Gasteiger partial charge in [-0.05, 0) is 29.7 Å². The summed E-state index contributed by atoms with van der Waals surface area (Å²) in [7, 11) is 1.65. The maximum atomic E-state index is 6.12. The molecule has 1 atom stereocenters. The third kappa shape index (κ3) is 4.37. The van der Waals surface area contributed by atoms with Crippen molar-refractivity contribution in [2.45, 2.75) is 12.5 Å². The molecule has 0 radical (unpaired) electrons. The molecule has 1 unspecified atom stereocenters. The van der Waals surface area contributed by atoms with Crippen molar-refractivity contribution in [3.63, 3.8) is 0 Å². The highest BCUT2D eigenvalue weighted by molar-refractivity contribution is 5.30. The number of ether oxygens (including phenoxy) is 2. The van der Waals surface area contributed by atoms with E-state index in [1.165, 1.54) is 5.56 Å². The predicted molar refractivity (Wildman–Crippen MR) is 80.9 cm³/mol. The van der Waals surface area contributed by atoms with Gasteiger partial charge in [-0.2, -0.15) is 0 Å². The van der Waals surface area contributed by atoms with Gasteiger partial charge in [-0.1, -0.05) is 42.5 Å². The molecule has 0 aliphatic heterocycles. The van der Waals surface area contributed by atoms with E-state index in [0.29, 0.717) is 13.2 Å². The zero-order chi connectivity index (χ0) is 14.2. The van der Waals surface area contributed by atoms with Crippen molar-refractivity contribution in [3.8, 4) is 5.75 Å². The highest BCUT2D eigenvalue weighted by Crippen LogP contribution is 2.17. The van der Waals surface area contributed by atoms with Crippen molar-refractivity contribution < 1.29 is 9.47 Å². The molecule has 106 valence electrons. The Bertz CT molecular complexity index is 513. The van der Waals surface area contributed by atoms with E-state index in [0.717, 1.165) is 17.7 Å². The molecule has 2 N–H and O–H groups in total. The van der Waals surface area contributed by atoms with Gasteiger partial charge in [0.2, 0.25) is 0 Å². The fourth-order valence-corrected chi connectivity index (χ4v) is 2.01. The monoisotopic (exact) mass is 271 g/mol. The number of methoxy groups -OCH3 is 1. The van der Waals surface area contributed by atoms with Crippen LogP contribution in [-0.2, 0) is 11.2 Å². The molecule has 3 nitrogen and oxygen atoms in total. The van der Waals surface area contributed by atoms with E-state index >= 15 is 0 Å². The maximum absolute atomic E-state index is 6.12. The first-order valence-corrected chi connectivity index (χ1v) is 6.81. The van der Waals surface area contributed by atoms with Gasteiger partial charge in [-0.15, -0.1) is 0 Å². The number of nitrogens with two attached hydrogens (primary N) is 1.